The number of rotatable bonds is 4. The molecule has 0 radical (unpaired) electrons. The maximum atomic E-state index is 13.7. The Bertz CT molecular complexity index is 576. The summed E-state index contributed by atoms with van der Waals surface area (Å²) in [6, 6.07) is 2.47. The lowest BCUT2D eigenvalue weighted by Gasteiger charge is -2.31. The minimum Gasteiger partial charge on any atom is -0.330 e. The first-order valence-electron chi connectivity index (χ1n) is 6.60. The molecular formula is C13H18F2N2O2S. The molecule has 0 amide bonds. The van der Waals surface area contributed by atoms with E-state index in [0.717, 1.165) is 31.0 Å². The first-order chi connectivity index (χ1) is 9.45. The van der Waals surface area contributed by atoms with E-state index in [-0.39, 0.29) is 5.92 Å². The molecule has 4 nitrogen and oxygen atoms in total. The van der Waals surface area contributed by atoms with Gasteiger partial charge in [0.15, 0.2) is 0 Å². The van der Waals surface area contributed by atoms with Crippen molar-refractivity contribution in [2.24, 2.45) is 11.7 Å². The van der Waals surface area contributed by atoms with Gasteiger partial charge in [0.2, 0.25) is 10.0 Å². The highest BCUT2D eigenvalue weighted by atomic mass is 32.2. The van der Waals surface area contributed by atoms with E-state index in [1.54, 1.807) is 0 Å². The van der Waals surface area contributed by atoms with Crippen molar-refractivity contribution in [2.45, 2.75) is 24.2 Å². The summed E-state index contributed by atoms with van der Waals surface area (Å²) in [5, 5.41) is 0. The fraction of sp³-hybridized carbons (Fsp3) is 0.538. The molecule has 0 saturated carbocycles. The first-order valence-corrected chi connectivity index (χ1v) is 8.04. The lowest BCUT2D eigenvalue weighted by Crippen LogP contribution is -2.40. The van der Waals surface area contributed by atoms with E-state index in [0.29, 0.717) is 26.1 Å². The molecule has 0 aliphatic carbocycles. The van der Waals surface area contributed by atoms with E-state index in [1.165, 1.54) is 4.31 Å². The van der Waals surface area contributed by atoms with E-state index in [2.05, 4.69) is 0 Å². The maximum Gasteiger partial charge on any atom is 0.246 e. The summed E-state index contributed by atoms with van der Waals surface area (Å²) in [6.45, 7) is 1.14. The third kappa shape index (κ3) is 3.16. The van der Waals surface area contributed by atoms with Crippen molar-refractivity contribution in [3.63, 3.8) is 0 Å². The van der Waals surface area contributed by atoms with Crippen molar-refractivity contribution in [1.29, 1.82) is 0 Å². The van der Waals surface area contributed by atoms with Crippen LogP contribution in [-0.4, -0.2) is 32.4 Å². The molecule has 2 N–H and O–H groups in total. The smallest absolute Gasteiger partial charge is 0.246 e. The van der Waals surface area contributed by atoms with Crippen molar-refractivity contribution in [3.05, 3.63) is 29.8 Å². The Morgan fingerprint density at radius 1 is 1.35 bits per heavy atom. The van der Waals surface area contributed by atoms with Crippen molar-refractivity contribution in [3.8, 4) is 0 Å². The van der Waals surface area contributed by atoms with Crippen molar-refractivity contribution in [2.75, 3.05) is 19.6 Å². The van der Waals surface area contributed by atoms with Gasteiger partial charge in [-0.25, -0.2) is 17.2 Å². The van der Waals surface area contributed by atoms with Crippen molar-refractivity contribution >= 4 is 10.0 Å². The zero-order chi connectivity index (χ0) is 14.8. The van der Waals surface area contributed by atoms with Gasteiger partial charge in [-0.1, -0.05) is 0 Å². The number of nitrogens with zero attached hydrogens (tertiary/aromatic N) is 1. The van der Waals surface area contributed by atoms with Gasteiger partial charge in [-0.2, -0.15) is 4.31 Å². The lowest BCUT2D eigenvalue weighted by molar-refractivity contribution is 0.257. The van der Waals surface area contributed by atoms with Crippen LogP contribution in [0.15, 0.2) is 23.1 Å². The summed E-state index contributed by atoms with van der Waals surface area (Å²) in [5.74, 6) is -1.51. The van der Waals surface area contributed by atoms with Gasteiger partial charge in [0.05, 0.1) is 0 Å². The summed E-state index contributed by atoms with van der Waals surface area (Å²) >= 11 is 0. The van der Waals surface area contributed by atoms with Crippen LogP contribution in [0.4, 0.5) is 8.78 Å². The fourth-order valence-electron chi connectivity index (χ4n) is 2.53. The van der Waals surface area contributed by atoms with Crippen LogP contribution < -0.4 is 5.73 Å². The van der Waals surface area contributed by atoms with Gasteiger partial charge in [0.1, 0.15) is 16.5 Å². The number of sulfonamides is 1. The third-order valence-corrected chi connectivity index (χ3v) is 5.45. The Hall–Kier alpha value is -1.05. The summed E-state index contributed by atoms with van der Waals surface area (Å²) in [7, 11) is -3.99. The minimum absolute atomic E-state index is 0.181. The molecule has 1 heterocycles. The summed E-state index contributed by atoms with van der Waals surface area (Å²) in [5.41, 5.74) is 5.49. The standard InChI is InChI=1S/C13H18F2N2O2S/c14-11-3-4-12(15)13(8-11)20(18,19)17-7-1-2-10(9-17)5-6-16/h3-4,8,10H,1-2,5-7,9,16H2. The second-order valence-corrected chi connectivity index (χ2v) is 6.93. The zero-order valence-corrected chi connectivity index (χ0v) is 11.9. The molecule has 1 unspecified atom stereocenters. The van der Waals surface area contributed by atoms with Crippen LogP contribution in [0.2, 0.25) is 0 Å². The molecule has 20 heavy (non-hydrogen) atoms. The topological polar surface area (TPSA) is 63.4 Å². The first kappa shape index (κ1) is 15.3. The molecule has 2 rings (SSSR count). The Kier molecular flexibility index (Phi) is 4.72. The number of hydrogen-bond donors (Lipinski definition) is 1. The molecule has 1 atom stereocenters. The van der Waals surface area contributed by atoms with E-state index in [1.807, 2.05) is 0 Å². The van der Waals surface area contributed by atoms with Gasteiger partial charge >= 0.3 is 0 Å². The predicted molar refractivity (Wildman–Crippen MR) is 71.5 cm³/mol. The summed E-state index contributed by atoms with van der Waals surface area (Å²) < 4.78 is 52.9. The van der Waals surface area contributed by atoms with E-state index in [4.69, 9.17) is 5.73 Å². The molecule has 112 valence electrons. The second-order valence-electron chi connectivity index (χ2n) is 5.02. The molecular weight excluding hydrogens is 286 g/mol. The molecule has 0 bridgehead atoms. The van der Waals surface area contributed by atoms with Crippen LogP contribution in [0.25, 0.3) is 0 Å². The van der Waals surface area contributed by atoms with Gasteiger partial charge < -0.3 is 5.73 Å². The number of piperidine rings is 1. The summed E-state index contributed by atoms with van der Waals surface area (Å²) in [4.78, 5) is -0.592. The molecule has 1 fully saturated rings. The Morgan fingerprint density at radius 2 is 2.10 bits per heavy atom. The van der Waals surface area contributed by atoms with Gasteiger partial charge in [0, 0.05) is 13.1 Å². The predicted octanol–water partition coefficient (Wildman–Crippen LogP) is 1.71. The SMILES string of the molecule is NCCC1CCCN(S(=O)(=O)c2cc(F)ccc2F)C1. The van der Waals surface area contributed by atoms with Crippen LogP contribution in [0.3, 0.4) is 0 Å². The number of hydrogen-bond acceptors (Lipinski definition) is 3. The van der Waals surface area contributed by atoms with Crippen molar-refractivity contribution < 1.29 is 17.2 Å². The van der Waals surface area contributed by atoms with Crippen molar-refractivity contribution in [1.82, 2.24) is 4.31 Å². The molecule has 1 aliphatic rings. The van der Waals surface area contributed by atoms with Crippen LogP contribution in [0.1, 0.15) is 19.3 Å². The Labute approximate surface area is 117 Å². The highest BCUT2D eigenvalue weighted by molar-refractivity contribution is 7.89. The Morgan fingerprint density at radius 3 is 2.80 bits per heavy atom. The largest absolute Gasteiger partial charge is 0.330 e. The maximum absolute atomic E-state index is 13.7. The second kappa shape index (κ2) is 6.15. The quantitative estimate of drug-likeness (QED) is 0.921. The van der Waals surface area contributed by atoms with E-state index in [9.17, 15) is 17.2 Å². The third-order valence-electron chi connectivity index (χ3n) is 3.57. The fourth-order valence-corrected chi connectivity index (χ4v) is 4.16. The number of nitrogens with two attached hydrogens (primary N) is 1. The molecule has 1 aliphatic heterocycles. The van der Waals surface area contributed by atoms with E-state index < -0.39 is 26.6 Å². The van der Waals surface area contributed by atoms with Crippen LogP contribution >= 0.6 is 0 Å². The number of halogens is 2. The normalized spacial score (nSPS) is 21.1. The van der Waals surface area contributed by atoms with Crippen LogP contribution in [0, 0.1) is 17.6 Å². The average Bonchev–Trinajstić information content (AvgIpc) is 2.42. The van der Waals surface area contributed by atoms with E-state index >= 15 is 0 Å². The summed E-state index contributed by atoms with van der Waals surface area (Å²) in [6.07, 6.45) is 2.35. The Balaban J connectivity index is 2.27. The molecule has 1 aromatic carbocycles. The highest BCUT2D eigenvalue weighted by Gasteiger charge is 2.32. The molecule has 7 heteroatoms. The molecule has 1 saturated heterocycles. The molecule has 0 aromatic heterocycles. The monoisotopic (exact) mass is 304 g/mol. The van der Waals surface area contributed by atoms with Gasteiger partial charge in [-0.3, -0.25) is 0 Å². The van der Waals surface area contributed by atoms with Crippen LogP contribution in [-0.2, 0) is 10.0 Å². The molecule has 0 spiro atoms. The number of benzene rings is 1. The highest BCUT2D eigenvalue weighted by Crippen LogP contribution is 2.26. The molecule has 1 aromatic rings. The van der Waals surface area contributed by atoms with Crippen LogP contribution in [0.5, 0.6) is 0 Å². The van der Waals surface area contributed by atoms with Gasteiger partial charge in [-0.15, -0.1) is 0 Å². The van der Waals surface area contributed by atoms with Gasteiger partial charge in [0.25, 0.3) is 0 Å². The minimum atomic E-state index is -3.99. The average molecular weight is 304 g/mol. The zero-order valence-electron chi connectivity index (χ0n) is 11.1. The van der Waals surface area contributed by atoms with Gasteiger partial charge in [-0.05, 0) is 49.9 Å². The lowest BCUT2D eigenvalue weighted by atomic mass is 9.96.